The average Bonchev–Trinajstić information content (AvgIpc) is 1.98. The van der Waals surface area contributed by atoms with Crippen molar-refractivity contribution >= 4 is 5.91 Å². The molecular formula is C9H19NO3. The average molecular weight is 189 g/mol. The summed E-state index contributed by atoms with van der Waals surface area (Å²) >= 11 is 0. The van der Waals surface area contributed by atoms with Gasteiger partial charge in [-0.2, -0.15) is 0 Å². The Morgan fingerprint density at radius 3 is 2.46 bits per heavy atom. The Kier molecular flexibility index (Phi) is 5.66. The van der Waals surface area contributed by atoms with Crippen molar-refractivity contribution in [2.24, 2.45) is 0 Å². The molecule has 0 bridgehead atoms. The summed E-state index contributed by atoms with van der Waals surface area (Å²) in [6, 6.07) is 0. The third kappa shape index (κ3) is 9.30. The van der Waals surface area contributed by atoms with E-state index in [0.29, 0.717) is 13.0 Å². The lowest BCUT2D eigenvalue weighted by molar-refractivity contribution is -0.124. The van der Waals surface area contributed by atoms with Crippen LogP contribution in [0.1, 0.15) is 27.2 Å². The molecule has 0 aromatic rings. The van der Waals surface area contributed by atoms with Crippen molar-refractivity contribution in [1.82, 2.24) is 5.32 Å². The molecule has 0 fully saturated rings. The van der Waals surface area contributed by atoms with E-state index >= 15 is 0 Å². The number of amides is 1. The van der Waals surface area contributed by atoms with Gasteiger partial charge in [0.1, 0.15) is 6.73 Å². The summed E-state index contributed by atoms with van der Waals surface area (Å²) in [6.45, 7) is 6.58. The Morgan fingerprint density at radius 2 is 2.00 bits per heavy atom. The van der Waals surface area contributed by atoms with Crippen molar-refractivity contribution in [3.8, 4) is 0 Å². The lowest BCUT2D eigenvalue weighted by Gasteiger charge is -2.19. The van der Waals surface area contributed by atoms with Crippen molar-refractivity contribution in [3.63, 3.8) is 0 Å². The van der Waals surface area contributed by atoms with Gasteiger partial charge in [0.05, 0.1) is 18.6 Å². The van der Waals surface area contributed by atoms with Crippen molar-refractivity contribution in [3.05, 3.63) is 0 Å². The fourth-order valence-electron chi connectivity index (χ4n) is 0.691. The fourth-order valence-corrected chi connectivity index (χ4v) is 0.691. The maximum atomic E-state index is 11.0. The molecule has 0 radical (unpaired) electrons. The number of methoxy groups -OCH3 is 1. The third-order valence-corrected chi connectivity index (χ3v) is 1.28. The summed E-state index contributed by atoms with van der Waals surface area (Å²) in [6.07, 6.45) is 0.376. The van der Waals surface area contributed by atoms with Crippen molar-refractivity contribution in [2.45, 2.75) is 32.8 Å². The first-order chi connectivity index (χ1) is 5.95. The number of rotatable bonds is 5. The summed E-state index contributed by atoms with van der Waals surface area (Å²) < 4.78 is 10.1. The summed E-state index contributed by atoms with van der Waals surface area (Å²) in [4.78, 5) is 11.0. The summed E-state index contributed by atoms with van der Waals surface area (Å²) in [7, 11) is 1.53. The minimum Gasteiger partial charge on any atom is -0.375 e. The molecule has 78 valence electrons. The minimum atomic E-state index is -0.179. The topological polar surface area (TPSA) is 47.6 Å². The highest BCUT2D eigenvalue weighted by Crippen LogP contribution is 2.06. The molecule has 0 rings (SSSR count). The molecule has 0 heterocycles. The number of ether oxygens (including phenoxy) is 2. The van der Waals surface area contributed by atoms with Crippen LogP contribution in [-0.2, 0) is 14.3 Å². The van der Waals surface area contributed by atoms with Gasteiger partial charge in [0, 0.05) is 7.11 Å². The third-order valence-electron chi connectivity index (χ3n) is 1.28. The Hall–Kier alpha value is -0.610. The van der Waals surface area contributed by atoms with Crippen LogP contribution in [0, 0.1) is 0 Å². The van der Waals surface area contributed by atoms with E-state index in [4.69, 9.17) is 4.74 Å². The van der Waals surface area contributed by atoms with E-state index in [-0.39, 0.29) is 18.2 Å². The van der Waals surface area contributed by atoms with Gasteiger partial charge in [0.2, 0.25) is 5.91 Å². The van der Waals surface area contributed by atoms with Crippen LogP contribution in [0.25, 0.3) is 0 Å². The Morgan fingerprint density at radius 1 is 1.38 bits per heavy atom. The second kappa shape index (κ2) is 5.94. The molecule has 0 spiro atoms. The Labute approximate surface area is 79.6 Å². The van der Waals surface area contributed by atoms with Crippen molar-refractivity contribution in [2.75, 3.05) is 20.4 Å². The maximum absolute atomic E-state index is 11.0. The lowest BCUT2D eigenvalue weighted by Crippen LogP contribution is -2.28. The molecule has 1 amide bonds. The smallest absolute Gasteiger partial charge is 0.224 e. The van der Waals surface area contributed by atoms with E-state index in [1.165, 1.54) is 7.11 Å². The molecule has 0 aliphatic carbocycles. The predicted octanol–water partition coefficient (Wildman–Crippen LogP) is 0.912. The fraction of sp³-hybridized carbons (Fsp3) is 0.889. The number of nitrogens with one attached hydrogen (secondary N) is 1. The van der Waals surface area contributed by atoms with Crippen molar-refractivity contribution in [1.29, 1.82) is 0 Å². The highest BCUT2D eigenvalue weighted by atomic mass is 16.5. The molecule has 0 atom stereocenters. The summed E-state index contributed by atoms with van der Waals surface area (Å²) in [5, 5.41) is 2.58. The van der Waals surface area contributed by atoms with Gasteiger partial charge in [-0.1, -0.05) is 0 Å². The molecule has 0 aromatic heterocycles. The molecule has 0 unspecified atom stereocenters. The normalized spacial score (nSPS) is 11.4. The first-order valence-electron chi connectivity index (χ1n) is 4.35. The second-order valence-electron chi connectivity index (χ2n) is 3.74. The van der Waals surface area contributed by atoms with Crippen LogP contribution in [0.15, 0.2) is 0 Å². The molecule has 4 nitrogen and oxygen atoms in total. The van der Waals surface area contributed by atoms with Gasteiger partial charge in [-0.3, -0.25) is 4.79 Å². The zero-order valence-corrected chi connectivity index (χ0v) is 8.85. The van der Waals surface area contributed by atoms with Crippen LogP contribution in [0.4, 0.5) is 0 Å². The van der Waals surface area contributed by atoms with Gasteiger partial charge in [-0.15, -0.1) is 0 Å². The number of hydrogen-bond donors (Lipinski definition) is 1. The number of carbonyl (C=O) groups excluding carboxylic acids is 1. The molecule has 0 aromatic carbocycles. The molecule has 0 aliphatic heterocycles. The molecule has 4 heteroatoms. The van der Waals surface area contributed by atoms with E-state index in [2.05, 4.69) is 10.1 Å². The van der Waals surface area contributed by atoms with E-state index in [9.17, 15) is 4.79 Å². The summed E-state index contributed by atoms with van der Waals surface area (Å²) in [5.74, 6) is -0.0499. The van der Waals surface area contributed by atoms with Gasteiger partial charge < -0.3 is 14.8 Å². The van der Waals surface area contributed by atoms with E-state index in [1.54, 1.807) is 0 Å². The van der Waals surface area contributed by atoms with Crippen LogP contribution in [0.5, 0.6) is 0 Å². The lowest BCUT2D eigenvalue weighted by atomic mass is 10.2. The SMILES string of the molecule is COCNC(=O)CCOC(C)(C)C. The van der Waals surface area contributed by atoms with E-state index in [1.807, 2.05) is 20.8 Å². The maximum Gasteiger partial charge on any atom is 0.224 e. The largest absolute Gasteiger partial charge is 0.375 e. The molecule has 0 aliphatic rings. The monoisotopic (exact) mass is 189 g/mol. The van der Waals surface area contributed by atoms with Crippen LogP contribution in [-0.4, -0.2) is 32.0 Å². The quantitative estimate of drug-likeness (QED) is 0.654. The minimum absolute atomic E-state index is 0.0499. The van der Waals surface area contributed by atoms with Crippen LogP contribution < -0.4 is 5.32 Å². The Bertz CT molecular complexity index is 151. The van der Waals surface area contributed by atoms with E-state index in [0.717, 1.165) is 0 Å². The van der Waals surface area contributed by atoms with Gasteiger partial charge >= 0.3 is 0 Å². The first kappa shape index (κ1) is 12.4. The number of hydrogen-bond acceptors (Lipinski definition) is 3. The first-order valence-corrected chi connectivity index (χ1v) is 4.35. The molecule has 0 saturated heterocycles. The Balaban J connectivity index is 3.37. The summed E-state index contributed by atoms with van der Waals surface area (Å²) in [5.41, 5.74) is -0.179. The second-order valence-corrected chi connectivity index (χ2v) is 3.74. The predicted molar refractivity (Wildman–Crippen MR) is 50.3 cm³/mol. The van der Waals surface area contributed by atoms with Crippen molar-refractivity contribution < 1.29 is 14.3 Å². The highest BCUT2D eigenvalue weighted by molar-refractivity contribution is 5.75. The van der Waals surface area contributed by atoms with E-state index < -0.39 is 0 Å². The van der Waals surface area contributed by atoms with Crippen LogP contribution in [0.3, 0.4) is 0 Å². The number of carbonyl (C=O) groups is 1. The molecule has 0 saturated carbocycles. The van der Waals surface area contributed by atoms with Gasteiger partial charge in [-0.25, -0.2) is 0 Å². The molecule has 1 N–H and O–H groups in total. The van der Waals surface area contributed by atoms with Gasteiger partial charge in [0.15, 0.2) is 0 Å². The molecular weight excluding hydrogens is 170 g/mol. The van der Waals surface area contributed by atoms with Gasteiger partial charge in [0.25, 0.3) is 0 Å². The zero-order chi connectivity index (χ0) is 10.3. The standard InChI is InChI=1S/C9H19NO3/c1-9(2,3)13-6-5-8(11)10-7-12-4/h5-7H2,1-4H3,(H,10,11). The highest BCUT2D eigenvalue weighted by Gasteiger charge is 2.10. The van der Waals surface area contributed by atoms with Crippen LogP contribution in [0.2, 0.25) is 0 Å². The van der Waals surface area contributed by atoms with Gasteiger partial charge in [-0.05, 0) is 20.8 Å². The van der Waals surface area contributed by atoms with Crippen LogP contribution >= 0.6 is 0 Å². The zero-order valence-electron chi connectivity index (χ0n) is 8.85. The molecule has 13 heavy (non-hydrogen) atoms.